The van der Waals surface area contributed by atoms with Gasteiger partial charge in [0.05, 0.1) is 18.4 Å². The normalized spacial score (nSPS) is 13.7. The number of imide groups is 1. The third-order valence-corrected chi connectivity index (χ3v) is 5.11. The third kappa shape index (κ3) is 3.46. The fourth-order valence-electron chi connectivity index (χ4n) is 3.53. The molecule has 1 aliphatic rings. The fraction of sp³-hybridized carbons (Fsp3) is 0.120. The lowest BCUT2D eigenvalue weighted by molar-refractivity contribution is -0.120. The first-order chi connectivity index (χ1) is 14.6. The van der Waals surface area contributed by atoms with Gasteiger partial charge >= 0.3 is 0 Å². The van der Waals surface area contributed by atoms with Gasteiger partial charge in [0, 0.05) is 11.3 Å². The van der Waals surface area contributed by atoms with E-state index >= 15 is 0 Å². The van der Waals surface area contributed by atoms with E-state index in [9.17, 15) is 9.59 Å². The molecule has 0 saturated carbocycles. The first-order valence-corrected chi connectivity index (χ1v) is 9.81. The largest absolute Gasteiger partial charge is 0.496 e. The fourth-order valence-corrected chi connectivity index (χ4v) is 3.53. The van der Waals surface area contributed by atoms with Crippen molar-refractivity contribution in [2.45, 2.75) is 13.3 Å². The Balaban J connectivity index is 1.83. The van der Waals surface area contributed by atoms with E-state index in [1.165, 1.54) is 10.5 Å². The van der Waals surface area contributed by atoms with Gasteiger partial charge in [-0.1, -0.05) is 55.5 Å². The maximum atomic E-state index is 13.4. The minimum atomic E-state index is -0.397. The molecule has 5 nitrogen and oxygen atoms in total. The maximum Gasteiger partial charge on any atom is 0.282 e. The van der Waals surface area contributed by atoms with E-state index < -0.39 is 5.91 Å². The van der Waals surface area contributed by atoms with Gasteiger partial charge in [0.2, 0.25) is 0 Å². The molecule has 150 valence electrons. The molecule has 0 atom stereocenters. The van der Waals surface area contributed by atoms with Crippen LogP contribution in [0.3, 0.4) is 0 Å². The average molecular weight is 398 g/mol. The van der Waals surface area contributed by atoms with Gasteiger partial charge in [-0.25, -0.2) is 4.90 Å². The van der Waals surface area contributed by atoms with Crippen molar-refractivity contribution in [3.05, 3.63) is 95.7 Å². The van der Waals surface area contributed by atoms with E-state index in [0.717, 1.165) is 12.1 Å². The molecule has 2 amide bonds. The van der Waals surface area contributed by atoms with E-state index in [2.05, 4.69) is 12.2 Å². The molecule has 0 spiro atoms. The van der Waals surface area contributed by atoms with Gasteiger partial charge in [0.25, 0.3) is 11.8 Å². The summed E-state index contributed by atoms with van der Waals surface area (Å²) >= 11 is 0. The molecular formula is C25H22N2O3. The predicted molar refractivity (Wildman–Crippen MR) is 118 cm³/mol. The summed E-state index contributed by atoms with van der Waals surface area (Å²) < 4.78 is 5.47. The van der Waals surface area contributed by atoms with Gasteiger partial charge in [0.1, 0.15) is 11.4 Å². The highest BCUT2D eigenvalue weighted by molar-refractivity contribution is 6.46. The second-order valence-electron chi connectivity index (χ2n) is 6.91. The predicted octanol–water partition coefficient (Wildman–Crippen LogP) is 4.65. The summed E-state index contributed by atoms with van der Waals surface area (Å²) in [6.07, 6.45) is 0.925. The summed E-state index contributed by atoms with van der Waals surface area (Å²) in [7, 11) is 1.55. The average Bonchev–Trinajstić information content (AvgIpc) is 3.04. The molecule has 0 bridgehead atoms. The lowest BCUT2D eigenvalue weighted by Crippen LogP contribution is -2.32. The maximum absolute atomic E-state index is 13.4. The number of amides is 2. The number of carbonyl (C=O) groups is 2. The zero-order valence-electron chi connectivity index (χ0n) is 16.9. The molecule has 0 aromatic heterocycles. The molecule has 3 aromatic carbocycles. The van der Waals surface area contributed by atoms with E-state index in [1.54, 1.807) is 43.5 Å². The number of hydrogen-bond donors (Lipinski definition) is 1. The van der Waals surface area contributed by atoms with Gasteiger partial charge in [-0.3, -0.25) is 9.59 Å². The van der Waals surface area contributed by atoms with Gasteiger partial charge in [-0.2, -0.15) is 0 Å². The van der Waals surface area contributed by atoms with Gasteiger partial charge in [-0.15, -0.1) is 0 Å². The van der Waals surface area contributed by atoms with Crippen LogP contribution >= 0.6 is 0 Å². The Morgan fingerprint density at radius 1 is 0.833 bits per heavy atom. The van der Waals surface area contributed by atoms with Crippen molar-refractivity contribution in [2.24, 2.45) is 0 Å². The molecule has 30 heavy (non-hydrogen) atoms. The topological polar surface area (TPSA) is 58.6 Å². The molecule has 0 unspecified atom stereocenters. The van der Waals surface area contributed by atoms with Crippen LogP contribution in [0.15, 0.2) is 84.6 Å². The SMILES string of the molecule is CCc1ccc(NC2=C(c3ccccc3OC)C(=O)N(c3ccccc3)C2=O)cc1. The number of hydrogen-bond acceptors (Lipinski definition) is 4. The second-order valence-corrected chi connectivity index (χ2v) is 6.91. The summed E-state index contributed by atoms with van der Waals surface area (Å²) in [5.74, 6) is -0.251. The number of carbonyl (C=O) groups excluding carboxylic acids is 2. The van der Waals surface area contributed by atoms with Gasteiger partial charge < -0.3 is 10.1 Å². The lowest BCUT2D eigenvalue weighted by Gasteiger charge is -2.15. The molecule has 4 rings (SSSR count). The molecule has 1 heterocycles. The lowest BCUT2D eigenvalue weighted by atomic mass is 10.0. The number of nitrogens with one attached hydrogen (secondary N) is 1. The molecule has 0 fully saturated rings. The Morgan fingerprint density at radius 3 is 2.17 bits per heavy atom. The number of para-hydroxylation sites is 2. The van der Waals surface area contributed by atoms with Crippen LogP contribution in [-0.4, -0.2) is 18.9 Å². The smallest absolute Gasteiger partial charge is 0.282 e. The number of nitrogens with zero attached hydrogens (tertiary/aromatic N) is 1. The molecule has 0 radical (unpaired) electrons. The Morgan fingerprint density at radius 2 is 1.50 bits per heavy atom. The highest BCUT2D eigenvalue weighted by Crippen LogP contribution is 2.37. The van der Waals surface area contributed by atoms with Crippen molar-refractivity contribution in [2.75, 3.05) is 17.3 Å². The number of methoxy groups -OCH3 is 1. The standard InChI is InChI=1S/C25H22N2O3/c1-3-17-13-15-18(16-14-17)26-23-22(20-11-7-8-12-21(20)30-2)24(28)27(25(23)29)19-9-5-4-6-10-19/h4-16,26H,3H2,1-2H3. The minimum Gasteiger partial charge on any atom is -0.496 e. The quantitative estimate of drug-likeness (QED) is 0.614. The first kappa shape index (κ1) is 19.5. The van der Waals surface area contributed by atoms with Crippen LogP contribution in [0, 0.1) is 0 Å². The summed E-state index contributed by atoms with van der Waals surface area (Å²) in [5, 5.41) is 3.18. The van der Waals surface area contributed by atoms with Crippen LogP contribution in [0.25, 0.3) is 5.57 Å². The number of anilines is 2. The Labute approximate surface area is 175 Å². The van der Waals surface area contributed by atoms with Crippen LogP contribution < -0.4 is 15.0 Å². The van der Waals surface area contributed by atoms with Crippen molar-refractivity contribution in [1.82, 2.24) is 0 Å². The van der Waals surface area contributed by atoms with E-state index in [0.29, 0.717) is 22.6 Å². The minimum absolute atomic E-state index is 0.234. The second kappa shape index (κ2) is 8.25. The third-order valence-electron chi connectivity index (χ3n) is 5.11. The van der Waals surface area contributed by atoms with Crippen molar-refractivity contribution in [3.63, 3.8) is 0 Å². The van der Waals surface area contributed by atoms with Crippen LogP contribution in [0.2, 0.25) is 0 Å². The van der Waals surface area contributed by atoms with E-state index in [1.807, 2.05) is 42.5 Å². The summed E-state index contributed by atoms with van der Waals surface area (Å²) in [6.45, 7) is 2.08. The Kier molecular flexibility index (Phi) is 5.35. The number of aryl methyl sites for hydroxylation is 1. The molecule has 3 aromatic rings. The van der Waals surface area contributed by atoms with E-state index in [4.69, 9.17) is 4.74 Å². The van der Waals surface area contributed by atoms with Gasteiger partial charge in [0.15, 0.2) is 0 Å². The van der Waals surface area contributed by atoms with E-state index in [-0.39, 0.29) is 11.6 Å². The zero-order valence-corrected chi connectivity index (χ0v) is 16.9. The zero-order chi connectivity index (χ0) is 21.1. The molecular weight excluding hydrogens is 376 g/mol. The van der Waals surface area contributed by atoms with Gasteiger partial charge in [-0.05, 0) is 42.3 Å². The Hall–Kier alpha value is -3.86. The summed E-state index contributed by atoms with van der Waals surface area (Å²) in [4.78, 5) is 28.0. The molecule has 1 N–H and O–H groups in total. The number of benzene rings is 3. The summed E-state index contributed by atoms with van der Waals surface area (Å²) in [6, 6.07) is 24.0. The number of ether oxygens (including phenoxy) is 1. The van der Waals surface area contributed by atoms with Crippen LogP contribution in [0.1, 0.15) is 18.1 Å². The van der Waals surface area contributed by atoms with Crippen molar-refractivity contribution < 1.29 is 14.3 Å². The first-order valence-electron chi connectivity index (χ1n) is 9.81. The molecule has 0 saturated heterocycles. The molecule has 5 heteroatoms. The van der Waals surface area contributed by atoms with Crippen LogP contribution in [-0.2, 0) is 16.0 Å². The highest BCUT2D eigenvalue weighted by Gasteiger charge is 2.41. The highest BCUT2D eigenvalue weighted by atomic mass is 16.5. The monoisotopic (exact) mass is 398 g/mol. The van der Waals surface area contributed by atoms with Crippen molar-refractivity contribution >= 4 is 28.8 Å². The molecule has 0 aliphatic carbocycles. The molecule has 1 aliphatic heterocycles. The van der Waals surface area contributed by atoms with Crippen molar-refractivity contribution in [3.8, 4) is 5.75 Å². The van der Waals surface area contributed by atoms with Crippen LogP contribution in [0.4, 0.5) is 11.4 Å². The summed E-state index contributed by atoms with van der Waals surface area (Å²) in [5.41, 5.74) is 3.56. The van der Waals surface area contributed by atoms with Crippen LogP contribution in [0.5, 0.6) is 5.75 Å². The van der Waals surface area contributed by atoms with Crippen molar-refractivity contribution in [1.29, 1.82) is 0 Å². The Bertz CT molecular complexity index is 1120. The number of rotatable bonds is 6.